The molecule has 1 aromatic carbocycles. The molecule has 0 unspecified atom stereocenters. The molecule has 0 radical (unpaired) electrons. The number of hydrogen-bond donors (Lipinski definition) is 2. The SMILES string of the molecule is O=C1N[C@@H](Cc2ccccc2)C(=O)Nc2ccsc21. The molecule has 2 N–H and O–H groups in total. The van der Waals surface area contributed by atoms with Crippen molar-refractivity contribution >= 4 is 28.8 Å². The van der Waals surface area contributed by atoms with Crippen molar-refractivity contribution in [1.82, 2.24) is 5.32 Å². The van der Waals surface area contributed by atoms with Gasteiger partial charge >= 0.3 is 0 Å². The Labute approximate surface area is 114 Å². The standard InChI is InChI=1S/C14H12N2O2S/c17-13-11(8-9-4-2-1-3-5-9)16-14(18)12-10(15-13)6-7-19-12/h1-7,11H,8H2,(H,15,17)(H,16,18)/t11-/m0/s1. The van der Waals surface area contributed by atoms with Crippen molar-refractivity contribution in [3.05, 3.63) is 52.2 Å². The molecule has 1 aliphatic rings. The molecule has 0 bridgehead atoms. The summed E-state index contributed by atoms with van der Waals surface area (Å²) >= 11 is 1.33. The van der Waals surface area contributed by atoms with Crippen LogP contribution in [0.25, 0.3) is 0 Å². The Morgan fingerprint density at radius 2 is 1.89 bits per heavy atom. The van der Waals surface area contributed by atoms with E-state index in [-0.39, 0.29) is 11.8 Å². The van der Waals surface area contributed by atoms with Gasteiger partial charge in [-0.15, -0.1) is 11.3 Å². The molecule has 1 aromatic heterocycles. The van der Waals surface area contributed by atoms with Gasteiger partial charge in [0.15, 0.2) is 0 Å². The van der Waals surface area contributed by atoms with Gasteiger partial charge in [0.25, 0.3) is 5.91 Å². The van der Waals surface area contributed by atoms with Gasteiger partial charge < -0.3 is 10.6 Å². The van der Waals surface area contributed by atoms with E-state index in [9.17, 15) is 9.59 Å². The van der Waals surface area contributed by atoms with Gasteiger partial charge in [0, 0.05) is 6.42 Å². The molecule has 1 aliphatic heterocycles. The minimum atomic E-state index is -0.533. The van der Waals surface area contributed by atoms with E-state index < -0.39 is 6.04 Å². The predicted octanol–water partition coefficient (Wildman–Crippen LogP) is 2.04. The molecular formula is C14H12N2O2S. The number of nitrogens with one attached hydrogen (secondary N) is 2. The highest BCUT2D eigenvalue weighted by Crippen LogP contribution is 2.24. The maximum Gasteiger partial charge on any atom is 0.264 e. The van der Waals surface area contributed by atoms with Crippen LogP contribution in [-0.2, 0) is 11.2 Å². The van der Waals surface area contributed by atoms with Crippen LogP contribution >= 0.6 is 11.3 Å². The maximum absolute atomic E-state index is 12.1. The van der Waals surface area contributed by atoms with Crippen molar-refractivity contribution in [1.29, 1.82) is 0 Å². The van der Waals surface area contributed by atoms with Crippen molar-refractivity contribution in [2.75, 3.05) is 5.32 Å². The number of hydrogen-bond acceptors (Lipinski definition) is 3. The highest BCUT2D eigenvalue weighted by atomic mass is 32.1. The first-order valence-corrected chi connectivity index (χ1v) is 6.85. The monoisotopic (exact) mass is 272 g/mol. The quantitative estimate of drug-likeness (QED) is 0.879. The van der Waals surface area contributed by atoms with Crippen molar-refractivity contribution < 1.29 is 9.59 Å². The number of thiophene rings is 1. The summed E-state index contributed by atoms with van der Waals surface area (Å²) < 4.78 is 0. The van der Waals surface area contributed by atoms with Crippen LogP contribution < -0.4 is 10.6 Å². The highest BCUT2D eigenvalue weighted by molar-refractivity contribution is 7.12. The van der Waals surface area contributed by atoms with Gasteiger partial charge in [-0.25, -0.2) is 0 Å². The second-order valence-electron chi connectivity index (χ2n) is 4.37. The van der Waals surface area contributed by atoms with Gasteiger partial charge in [-0.2, -0.15) is 0 Å². The van der Waals surface area contributed by atoms with Crippen LogP contribution in [0.1, 0.15) is 15.2 Å². The molecule has 19 heavy (non-hydrogen) atoms. The molecule has 0 saturated carbocycles. The Hall–Kier alpha value is -2.14. The molecule has 5 heteroatoms. The highest BCUT2D eigenvalue weighted by Gasteiger charge is 2.28. The molecule has 2 amide bonds. The van der Waals surface area contributed by atoms with E-state index >= 15 is 0 Å². The predicted molar refractivity (Wildman–Crippen MR) is 74.3 cm³/mol. The molecule has 0 saturated heterocycles. The van der Waals surface area contributed by atoms with Crippen LogP contribution in [0.4, 0.5) is 5.69 Å². The number of carbonyl (C=O) groups is 2. The average molecular weight is 272 g/mol. The average Bonchev–Trinajstić information content (AvgIpc) is 2.83. The van der Waals surface area contributed by atoms with Gasteiger partial charge in [-0.1, -0.05) is 30.3 Å². The fraction of sp³-hybridized carbons (Fsp3) is 0.143. The topological polar surface area (TPSA) is 58.2 Å². The molecule has 3 rings (SSSR count). The molecule has 4 nitrogen and oxygen atoms in total. The number of rotatable bonds is 2. The summed E-state index contributed by atoms with van der Waals surface area (Å²) in [6.45, 7) is 0. The first kappa shape index (κ1) is 11.9. The third-order valence-corrected chi connectivity index (χ3v) is 3.95. The van der Waals surface area contributed by atoms with Crippen molar-refractivity contribution in [2.45, 2.75) is 12.5 Å². The Morgan fingerprint density at radius 1 is 1.11 bits per heavy atom. The van der Waals surface area contributed by atoms with Gasteiger partial charge in [-0.3, -0.25) is 9.59 Å². The molecule has 96 valence electrons. The lowest BCUT2D eigenvalue weighted by molar-refractivity contribution is -0.117. The number of carbonyl (C=O) groups excluding carboxylic acids is 2. The van der Waals surface area contributed by atoms with E-state index in [0.29, 0.717) is 17.0 Å². The van der Waals surface area contributed by atoms with Crippen LogP contribution in [0.2, 0.25) is 0 Å². The van der Waals surface area contributed by atoms with Crippen LogP contribution in [0, 0.1) is 0 Å². The third-order valence-electron chi connectivity index (χ3n) is 3.03. The number of amides is 2. The minimum absolute atomic E-state index is 0.172. The molecule has 1 atom stereocenters. The molecular weight excluding hydrogens is 260 g/mol. The van der Waals surface area contributed by atoms with E-state index in [1.54, 1.807) is 11.4 Å². The summed E-state index contributed by atoms with van der Waals surface area (Å²) in [6.07, 6.45) is 0.493. The van der Waals surface area contributed by atoms with Crippen LogP contribution in [0.15, 0.2) is 41.8 Å². The van der Waals surface area contributed by atoms with Gasteiger partial charge in [0.1, 0.15) is 10.9 Å². The van der Waals surface area contributed by atoms with Crippen molar-refractivity contribution in [3.63, 3.8) is 0 Å². The Morgan fingerprint density at radius 3 is 2.68 bits per heavy atom. The third kappa shape index (κ3) is 2.37. The zero-order chi connectivity index (χ0) is 13.2. The van der Waals surface area contributed by atoms with Crippen molar-refractivity contribution in [2.24, 2.45) is 0 Å². The van der Waals surface area contributed by atoms with E-state index in [0.717, 1.165) is 5.56 Å². The second-order valence-corrected chi connectivity index (χ2v) is 5.28. The summed E-state index contributed by atoms with van der Waals surface area (Å²) in [5, 5.41) is 7.36. The molecule has 2 aromatic rings. The van der Waals surface area contributed by atoms with E-state index in [1.807, 2.05) is 30.3 Å². The zero-order valence-electron chi connectivity index (χ0n) is 10.1. The van der Waals surface area contributed by atoms with Crippen LogP contribution in [-0.4, -0.2) is 17.9 Å². The van der Waals surface area contributed by atoms with E-state index in [1.165, 1.54) is 11.3 Å². The molecule has 0 fully saturated rings. The number of fused-ring (bicyclic) bond motifs is 1. The largest absolute Gasteiger partial charge is 0.339 e. The van der Waals surface area contributed by atoms with Crippen LogP contribution in [0.5, 0.6) is 0 Å². The number of anilines is 1. The summed E-state index contributed by atoms with van der Waals surface area (Å²) in [4.78, 5) is 24.7. The van der Waals surface area contributed by atoms with Gasteiger partial charge in [-0.05, 0) is 17.0 Å². The Kier molecular flexibility index (Phi) is 3.05. The lowest BCUT2D eigenvalue weighted by atomic mass is 10.1. The number of benzene rings is 1. The first-order chi connectivity index (χ1) is 9.24. The lowest BCUT2D eigenvalue weighted by Gasteiger charge is -2.14. The fourth-order valence-corrected chi connectivity index (χ4v) is 2.84. The van der Waals surface area contributed by atoms with Gasteiger partial charge in [0.05, 0.1) is 5.69 Å². The maximum atomic E-state index is 12.1. The first-order valence-electron chi connectivity index (χ1n) is 5.97. The normalized spacial score (nSPS) is 18.2. The molecule has 2 heterocycles. The summed E-state index contributed by atoms with van der Waals surface area (Å²) in [5.41, 5.74) is 1.62. The van der Waals surface area contributed by atoms with Crippen LogP contribution in [0.3, 0.4) is 0 Å². The summed E-state index contributed by atoms with van der Waals surface area (Å²) in [6, 6.07) is 10.9. The molecule has 0 spiro atoms. The van der Waals surface area contributed by atoms with E-state index in [2.05, 4.69) is 10.6 Å². The fourth-order valence-electron chi connectivity index (χ4n) is 2.09. The molecule has 0 aliphatic carbocycles. The summed E-state index contributed by atoms with van der Waals surface area (Å²) in [7, 11) is 0. The van der Waals surface area contributed by atoms with E-state index in [4.69, 9.17) is 0 Å². The van der Waals surface area contributed by atoms with Crippen molar-refractivity contribution in [3.8, 4) is 0 Å². The second kappa shape index (κ2) is 4.85. The zero-order valence-corrected chi connectivity index (χ0v) is 10.9. The smallest absolute Gasteiger partial charge is 0.264 e. The lowest BCUT2D eigenvalue weighted by Crippen LogP contribution is -2.42. The Bertz CT molecular complexity index is 621. The Balaban J connectivity index is 1.83. The van der Waals surface area contributed by atoms with Gasteiger partial charge in [0.2, 0.25) is 5.91 Å². The minimum Gasteiger partial charge on any atom is -0.339 e. The summed E-state index contributed by atoms with van der Waals surface area (Å²) in [5.74, 6) is -0.362.